The van der Waals surface area contributed by atoms with Crippen molar-refractivity contribution in [3.63, 3.8) is 0 Å². The van der Waals surface area contributed by atoms with Crippen LogP contribution in [0.5, 0.6) is 11.5 Å². The number of rotatable bonds is 5. The van der Waals surface area contributed by atoms with Crippen LogP contribution in [0.1, 0.15) is 22.4 Å². The number of aromatic nitrogens is 2. The molecule has 5 nitrogen and oxygen atoms in total. The minimum absolute atomic E-state index is 0.682. The molecule has 28 heavy (non-hydrogen) atoms. The Hall–Kier alpha value is -2.50. The van der Waals surface area contributed by atoms with E-state index in [2.05, 4.69) is 22.1 Å². The first kappa shape index (κ1) is 18.8. The van der Waals surface area contributed by atoms with Gasteiger partial charge in [-0.1, -0.05) is 29.8 Å². The molecule has 0 spiro atoms. The first-order valence-electron chi connectivity index (χ1n) is 9.36. The molecule has 0 radical (unpaired) electrons. The minimum atomic E-state index is 0.682. The second-order valence-electron chi connectivity index (χ2n) is 7.04. The van der Waals surface area contributed by atoms with Crippen molar-refractivity contribution in [3.05, 3.63) is 70.0 Å². The number of benzene rings is 2. The monoisotopic (exact) mass is 397 g/mol. The topological polar surface area (TPSA) is 39.5 Å². The van der Waals surface area contributed by atoms with Gasteiger partial charge in [0.2, 0.25) is 0 Å². The standard InChI is InChI=1S/C22H24ClN3O2/c1-15-19(22(23)26(24-15)18-7-5-4-6-8-18)14-25-10-9-16-11-20(27-2)21(28-3)12-17(16)13-25/h4-8,11-12H,9-10,13-14H2,1-3H3. The largest absolute Gasteiger partial charge is 0.493 e. The predicted octanol–water partition coefficient (Wildman–Crippen LogP) is 4.41. The Morgan fingerprint density at radius 1 is 1.04 bits per heavy atom. The van der Waals surface area contributed by atoms with E-state index >= 15 is 0 Å². The average molecular weight is 398 g/mol. The van der Waals surface area contributed by atoms with Crippen LogP contribution in [0.4, 0.5) is 0 Å². The number of para-hydroxylation sites is 1. The van der Waals surface area contributed by atoms with E-state index in [0.29, 0.717) is 5.15 Å². The number of nitrogens with zero attached hydrogens (tertiary/aromatic N) is 3. The molecule has 0 amide bonds. The molecule has 0 aliphatic carbocycles. The van der Waals surface area contributed by atoms with E-state index in [1.54, 1.807) is 14.2 Å². The lowest BCUT2D eigenvalue weighted by Gasteiger charge is -2.29. The van der Waals surface area contributed by atoms with Crippen LogP contribution in [0, 0.1) is 6.92 Å². The third kappa shape index (κ3) is 3.48. The van der Waals surface area contributed by atoms with E-state index in [4.69, 9.17) is 21.1 Å². The number of fused-ring (bicyclic) bond motifs is 1. The van der Waals surface area contributed by atoms with Crippen molar-refractivity contribution in [2.45, 2.75) is 26.4 Å². The van der Waals surface area contributed by atoms with Crippen LogP contribution >= 0.6 is 11.6 Å². The minimum Gasteiger partial charge on any atom is -0.493 e. The van der Waals surface area contributed by atoms with Crippen molar-refractivity contribution in [2.24, 2.45) is 0 Å². The third-order valence-electron chi connectivity index (χ3n) is 5.30. The lowest BCUT2D eigenvalue weighted by Crippen LogP contribution is -2.30. The highest BCUT2D eigenvalue weighted by atomic mass is 35.5. The Bertz CT molecular complexity index is 985. The molecule has 0 N–H and O–H groups in total. The maximum Gasteiger partial charge on any atom is 0.161 e. The Morgan fingerprint density at radius 2 is 1.71 bits per heavy atom. The zero-order chi connectivity index (χ0) is 19.7. The summed E-state index contributed by atoms with van der Waals surface area (Å²) in [6.07, 6.45) is 0.971. The molecule has 146 valence electrons. The fraction of sp³-hybridized carbons (Fsp3) is 0.318. The van der Waals surface area contributed by atoms with Gasteiger partial charge in [-0.3, -0.25) is 4.90 Å². The zero-order valence-electron chi connectivity index (χ0n) is 16.4. The summed E-state index contributed by atoms with van der Waals surface area (Å²) in [5.74, 6) is 1.56. The summed E-state index contributed by atoms with van der Waals surface area (Å²) in [7, 11) is 3.35. The van der Waals surface area contributed by atoms with E-state index in [-0.39, 0.29) is 0 Å². The number of hydrogen-bond donors (Lipinski definition) is 0. The Labute approximate surface area is 170 Å². The molecule has 2 heterocycles. The fourth-order valence-electron chi connectivity index (χ4n) is 3.75. The predicted molar refractivity (Wildman–Crippen MR) is 111 cm³/mol. The van der Waals surface area contributed by atoms with Gasteiger partial charge in [0.15, 0.2) is 11.5 Å². The number of halogens is 1. The fourth-order valence-corrected chi connectivity index (χ4v) is 4.08. The highest BCUT2D eigenvalue weighted by Crippen LogP contribution is 2.34. The van der Waals surface area contributed by atoms with E-state index < -0.39 is 0 Å². The molecule has 0 saturated heterocycles. The van der Waals surface area contributed by atoms with Gasteiger partial charge < -0.3 is 9.47 Å². The van der Waals surface area contributed by atoms with Gasteiger partial charge in [0.1, 0.15) is 5.15 Å². The lowest BCUT2D eigenvalue weighted by atomic mass is 9.98. The Morgan fingerprint density at radius 3 is 2.39 bits per heavy atom. The van der Waals surface area contributed by atoms with Crippen molar-refractivity contribution in [3.8, 4) is 17.2 Å². The van der Waals surface area contributed by atoms with Gasteiger partial charge in [-0.05, 0) is 48.7 Å². The molecular weight excluding hydrogens is 374 g/mol. The van der Waals surface area contributed by atoms with Gasteiger partial charge >= 0.3 is 0 Å². The first-order chi connectivity index (χ1) is 13.6. The molecule has 6 heteroatoms. The number of hydrogen-bond acceptors (Lipinski definition) is 4. The molecule has 1 aliphatic heterocycles. The highest BCUT2D eigenvalue weighted by Gasteiger charge is 2.23. The molecule has 0 unspecified atom stereocenters. The first-order valence-corrected chi connectivity index (χ1v) is 9.74. The average Bonchev–Trinajstić information content (AvgIpc) is 3.01. The smallest absolute Gasteiger partial charge is 0.161 e. The summed E-state index contributed by atoms with van der Waals surface area (Å²) in [6, 6.07) is 14.2. The molecule has 0 atom stereocenters. The van der Waals surface area contributed by atoms with Gasteiger partial charge in [-0.25, -0.2) is 4.68 Å². The summed E-state index contributed by atoms with van der Waals surface area (Å²) in [5, 5.41) is 5.34. The molecule has 0 fully saturated rings. The number of methoxy groups -OCH3 is 2. The van der Waals surface area contributed by atoms with Gasteiger partial charge in [-0.15, -0.1) is 0 Å². The molecule has 1 aliphatic rings. The normalized spacial score (nSPS) is 14.0. The van der Waals surface area contributed by atoms with Gasteiger partial charge in [0, 0.05) is 25.2 Å². The molecule has 2 aromatic carbocycles. The van der Waals surface area contributed by atoms with Crippen LogP contribution in [0.15, 0.2) is 42.5 Å². The maximum absolute atomic E-state index is 6.71. The second-order valence-corrected chi connectivity index (χ2v) is 7.40. The number of ether oxygens (including phenoxy) is 2. The summed E-state index contributed by atoms with van der Waals surface area (Å²) in [5.41, 5.74) is 5.61. The lowest BCUT2D eigenvalue weighted by molar-refractivity contribution is 0.243. The summed E-state index contributed by atoms with van der Waals surface area (Å²) < 4.78 is 12.7. The van der Waals surface area contributed by atoms with Crippen LogP contribution in [0.2, 0.25) is 5.15 Å². The maximum atomic E-state index is 6.71. The molecule has 4 rings (SSSR count). The van der Waals surface area contributed by atoms with Crippen LogP contribution < -0.4 is 9.47 Å². The van der Waals surface area contributed by atoms with Crippen molar-refractivity contribution < 1.29 is 9.47 Å². The Balaban J connectivity index is 1.58. The second kappa shape index (κ2) is 7.86. The quantitative estimate of drug-likeness (QED) is 0.639. The molecular formula is C22H24ClN3O2. The van der Waals surface area contributed by atoms with Crippen LogP contribution in [-0.2, 0) is 19.5 Å². The van der Waals surface area contributed by atoms with Crippen LogP contribution in [-0.4, -0.2) is 35.4 Å². The van der Waals surface area contributed by atoms with E-state index in [9.17, 15) is 0 Å². The zero-order valence-corrected chi connectivity index (χ0v) is 17.2. The van der Waals surface area contributed by atoms with Gasteiger partial charge in [-0.2, -0.15) is 5.10 Å². The SMILES string of the molecule is COc1cc2c(cc1OC)CN(Cc1c(C)nn(-c3ccccc3)c1Cl)CC2. The van der Waals surface area contributed by atoms with Gasteiger partial charge in [0.25, 0.3) is 0 Å². The molecule has 0 saturated carbocycles. The van der Waals surface area contributed by atoms with Crippen molar-refractivity contribution >= 4 is 11.6 Å². The summed E-state index contributed by atoms with van der Waals surface area (Å²) >= 11 is 6.71. The van der Waals surface area contributed by atoms with Crippen LogP contribution in [0.25, 0.3) is 5.69 Å². The van der Waals surface area contributed by atoms with E-state index in [1.807, 2.05) is 41.9 Å². The van der Waals surface area contributed by atoms with E-state index in [0.717, 1.165) is 54.5 Å². The Kier molecular flexibility index (Phi) is 5.29. The van der Waals surface area contributed by atoms with Gasteiger partial charge in [0.05, 0.1) is 25.6 Å². The summed E-state index contributed by atoms with van der Waals surface area (Å²) in [6.45, 7) is 4.61. The van der Waals surface area contributed by atoms with Crippen molar-refractivity contribution in [1.29, 1.82) is 0 Å². The summed E-state index contributed by atoms with van der Waals surface area (Å²) in [4.78, 5) is 2.40. The molecule has 1 aromatic heterocycles. The molecule has 3 aromatic rings. The third-order valence-corrected chi connectivity index (χ3v) is 5.69. The van der Waals surface area contributed by atoms with E-state index in [1.165, 1.54) is 11.1 Å². The van der Waals surface area contributed by atoms with Crippen molar-refractivity contribution in [2.75, 3.05) is 20.8 Å². The van der Waals surface area contributed by atoms with Crippen molar-refractivity contribution in [1.82, 2.24) is 14.7 Å². The van der Waals surface area contributed by atoms with Crippen LogP contribution in [0.3, 0.4) is 0 Å². The number of aryl methyl sites for hydroxylation is 1. The highest BCUT2D eigenvalue weighted by molar-refractivity contribution is 6.30. The molecule has 0 bridgehead atoms.